The van der Waals surface area contributed by atoms with Crippen LogP contribution in [0.5, 0.6) is 5.75 Å². The Bertz CT molecular complexity index is 1550. The average Bonchev–Trinajstić information content (AvgIpc) is 3.45. The van der Waals surface area contributed by atoms with Crippen LogP contribution in [0.15, 0.2) is 71.7 Å². The molecule has 0 radical (unpaired) electrons. The highest BCUT2D eigenvalue weighted by Crippen LogP contribution is 2.51. The molecule has 1 saturated heterocycles. The van der Waals surface area contributed by atoms with E-state index in [4.69, 9.17) is 4.74 Å². The number of benzene rings is 2. The number of non-ortho nitro benzene ring substituents is 1. The summed E-state index contributed by atoms with van der Waals surface area (Å²) in [7, 11) is 3.30. The van der Waals surface area contributed by atoms with Gasteiger partial charge in [0.15, 0.2) is 0 Å². The molecular weight excluding hydrogens is 540 g/mol. The minimum absolute atomic E-state index is 0.0140. The van der Waals surface area contributed by atoms with Crippen molar-refractivity contribution in [3.8, 4) is 16.9 Å². The quantitative estimate of drug-likeness (QED) is 0.342. The third-order valence-corrected chi connectivity index (χ3v) is 8.63. The molecule has 3 aromatic rings. The number of carbonyl (C=O) groups is 2. The van der Waals surface area contributed by atoms with Crippen molar-refractivity contribution in [1.29, 1.82) is 0 Å². The normalized spacial score (nSPS) is 19.5. The Labute approximate surface area is 243 Å². The summed E-state index contributed by atoms with van der Waals surface area (Å²) in [4.78, 5) is 53.1. The van der Waals surface area contributed by atoms with Crippen LogP contribution < -0.4 is 10.3 Å². The van der Waals surface area contributed by atoms with Crippen molar-refractivity contribution in [3.63, 3.8) is 0 Å². The number of nitrogens with zero attached hydrogens (tertiary/aromatic N) is 4. The van der Waals surface area contributed by atoms with Gasteiger partial charge in [0.05, 0.1) is 22.6 Å². The summed E-state index contributed by atoms with van der Waals surface area (Å²) in [6.45, 7) is 0.430. The second-order valence-electron chi connectivity index (χ2n) is 11.4. The monoisotopic (exact) mass is 574 g/mol. The fourth-order valence-electron chi connectivity index (χ4n) is 6.30. The number of nitro groups is 1. The van der Waals surface area contributed by atoms with Crippen LogP contribution in [-0.2, 0) is 6.54 Å². The van der Waals surface area contributed by atoms with Gasteiger partial charge in [0, 0.05) is 62.6 Å². The van der Waals surface area contributed by atoms with E-state index in [9.17, 15) is 29.6 Å². The molecule has 1 atom stereocenters. The molecule has 1 saturated carbocycles. The van der Waals surface area contributed by atoms with Gasteiger partial charge in [0.2, 0.25) is 0 Å². The molecule has 42 heavy (non-hydrogen) atoms. The summed E-state index contributed by atoms with van der Waals surface area (Å²) in [5.41, 5.74) is -0.762. The maximum Gasteiger partial charge on any atom is 0.415 e. The van der Waals surface area contributed by atoms with Crippen molar-refractivity contribution >= 4 is 17.7 Å². The number of piperidine rings is 1. The molecular formula is C31H34N4O7. The highest BCUT2D eigenvalue weighted by Gasteiger charge is 2.56. The number of aliphatic hydroxyl groups is 1. The van der Waals surface area contributed by atoms with Crippen LogP contribution in [0.25, 0.3) is 11.1 Å². The highest BCUT2D eigenvalue weighted by molar-refractivity contribution is 6.00. The van der Waals surface area contributed by atoms with Crippen molar-refractivity contribution in [2.45, 2.75) is 44.2 Å². The Morgan fingerprint density at radius 3 is 2.33 bits per heavy atom. The number of pyridine rings is 1. The standard InChI is InChI=1S/C31H34N4O7/c1-32(2)28(37)26-19-34(27(36)18-25(26)22-8-4-3-5-9-22)21-31(39)16-17-33(20-30(31)14-6-7-15-30)29(38)42-24-12-10-23(11-13-24)35(40)41/h3-5,8-13,18-19,39H,6-7,14-17,20-21H2,1-2H3. The lowest BCUT2D eigenvalue weighted by molar-refractivity contribution is -0.384. The smallest absolute Gasteiger partial charge is 0.410 e. The summed E-state index contributed by atoms with van der Waals surface area (Å²) in [6.07, 6.45) is 4.26. The molecule has 2 amide bonds. The molecule has 1 N–H and O–H groups in total. The van der Waals surface area contributed by atoms with Gasteiger partial charge in [-0.15, -0.1) is 0 Å². The minimum atomic E-state index is -1.30. The number of likely N-dealkylation sites (tertiary alicyclic amines) is 1. The molecule has 11 heteroatoms. The van der Waals surface area contributed by atoms with Gasteiger partial charge in [-0.25, -0.2) is 4.79 Å². The van der Waals surface area contributed by atoms with E-state index in [0.29, 0.717) is 24.0 Å². The topological polar surface area (TPSA) is 135 Å². The zero-order valence-electron chi connectivity index (χ0n) is 23.7. The van der Waals surface area contributed by atoms with Crippen LogP contribution >= 0.6 is 0 Å². The van der Waals surface area contributed by atoms with Gasteiger partial charge in [0.1, 0.15) is 5.75 Å². The van der Waals surface area contributed by atoms with Gasteiger partial charge in [-0.3, -0.25) is 19.7 Å². The SMILES string of the molecule is CN(C)C(=O)c1cn(CC2(O)CCN(C(=O)Oc3ccc([N+](=O)[O-])cc3)CC23CCCC3)c(=O)cc1-c1ccccc1. The zero-order chi connectivity index (χ0) is 30.1. The van der Waals surface area contributed by atoms with Crippen molar-refractivity contribution in [3.05, 3.63) is 92.9 Å². The summed E-state index contributed by atoms with van der Waals surface area (Å²) < 4.78 is 6.93. The zero-order valence-corrected chi connectivity index (χ0v) is 23.7. The van der Waals surface area contributed by atoms with Gasteiger partial charge in [-0.1, -0.05) is 43.2 Å². The second-order valence-corrected chi connectivity index (χ2v) is 11.4. The van der Waals surface area contributed by atoms with E-state index < -0.39 is 22.0 Å². The minimum Gasteiger partial charge on any atom is -0.410 e. The van der Waals surface area contributed by atoms with Crippen LogP contribution in [0.2, 0.25) is 0 Å². The number of amides is 2. The van der Waals surface area contributed by atoms with Gasteiger partial charge in [-0.05, 0) is 37.0 Å². The van der Waals surface area contributed by atoms with Crippen LogP contribution in [0.4, 0.5) is 10.5 Å². The molecule has 1 unspecified atom stereocenters. The van der Waals surface area contributed by atoms with Crippen LogP contribution in [0, 0.1) is 15.5 Å². The third kappa shape index (κ3) is 5.52. The van der Waals surface area contributed by atoms with Crippen molar-refractivity contribution in [2.24, 2.45) is 5.41 Å². The molecule has 5 rings (SSSR count). The van der Waals surface area contributed by atoms with E-state index >= 15 is 0 Å². The van der Waals surface area contributed by atoms with Gasteiger partial charge in [-0.2, -0.15) is 0 Å². The molecule has 2 heterocycles. The van der Waals surface area contributed by atoms with E-state index in [1.807, 2.05) is 30.3 Å². The number of nitro benzene ring substituents is 1. The van der Waals surface area contributed by atoms with Crippen molar-refractivity contribution in [1.82, 2.24) is 14.4 Å². The molecule has 1 aliphatic heterocycles. The second kappa shape index (κ2) is 11.4. The predicted octanol–water partition coefficient (Wildman–Crippen LogP) is 4.32. The number of ether oxygens (including phenoxy) is 1. The number of rotatable bonds is 6. The first-order valence-corrected chi connectivity index (χ1v) is 14.0. The van der Waals surface area contributed by atoms with Crippen LogP contribution in [0.1, 0.15) is 42.5 Å². The summed E-state index contributed by atoms with van der Waals surface area (Å²) in [5, 5.41) is 23.1. The summed E-state index contributed by atoms with van der Waals surface area (Å²) in [5.74, 6) is -0.0657. The van der Waals surface area contributed by atoms with Crippen molar-refractivity contribution in [2.75, 3.05) is 27.2 Å². The van der Waals surface area contributed by atoms with Crippen LogP contribution in [-0.4, -0.2) is 69.2 Å². The number of hydrogen-bond donors (Lipinski definition) is 1. The number of hydrogen-bond acceptors (Lipinski definition) is 7. The lowest BCUT2D eigenvalue weighted by atomic mass is 9.66. The molecule has 0 bridgehead atoms. The lowest BCUT2D eigenvalue weighted by Crippen LogP contribution is -2.62. The first-order chi connectivity index (χ1) is 20.0. The first-order valence-electron chi connectivity index (χ1n) is 14.0. The molecule has 2 aliphatic rings. The molecule has 2 fully saturated rings. The average molecular weight is 575 g/mol. The Morgan fingerprint density at radius 1 is 1.05 bits per heavy atom. The molecule has 2 aromatic carbocycles. The fourth-order valence-corrected chi connectivity index (χ4v) is 6.30. The number of carbonyl (C=O) groups excluding carboxylic acids is 2. The Morgan fingerprint density at radius 2 is 1.71 bits per heavy atom. The van der Waals surface area contributed by atoms with Gasteiger partial charge >= 0.3 is 6.09 Å². The molecule has 11 nitrogen and oxygen atoms in total. The largest absolute Gasteiger partial charge is 0.415 e. The first kappa shape index (κ1) is 29.0. The Hall–Kier alpha value is -4.51. The third-order valence-electron chi connectivity index (χ3n) is 8.63. The Kier molecular flexibility index (Phi) is 7.87. The fraction of sp³-hybridized carbons (Fsp3) is 0.387. The predicted molar refractivity (Wildman–Crippen MR) is 155 cm³/mol. The summed E-state index contributed by atoms with van der Waals surface area (Å²) >= 11 is 0. The number of aromatic nitrogens is 1. The molecule has 1 aromatic heterocycles. The van der Waals surface area contributed by atoms with E-state index in [1.165, 1.54) is 39.8 Å². The lowest BCUT2D eigenvalue weighted by Gasteiger charge is -2.52. The van der Waals surface area contributed by atoms with E-state index in [1.54, 1.807) is 25.2 Å². The maximum absolute atomic E-state index is 13.4. The molecule has 220 valence electrons. The summed E-state index contributed by atoms with van der Waals surface area (Å²) in [6, 6.07) is 16.0. The molecule has 1 aliphatic carbocycles. The Balaban J connectivity index is 1.41. The van der Waals surface area contributed by atoms with E-state index in [2.05, 4.69) is 0 Å². The van der Waals surface area contributed by atoms with E-state index in [0.717, 1.165) is 18.4 Å². The maximum atomic E-state index is 13.4. The van der Waals surface area contributed by atoms with Gasteiger partial charge < -0.3 is 24.2 Å². The van der Waals surface area contributed by atoms with Gasteiger partial charge in [0.25, 0.3) is 17.2 Å². The van der Waals surface area contributed by atoms with E-state index in [-0.39, 0.29) is 49.0 Å². The molecule has 1 spiro atoms. The highest BCUT2D eigenvalue weighted by atomic mass is 16.6. The van der Waals surface area contributed by atoms with Crippen LogP contribution in [0.3, 0.4) is 0 Å². The van der Waals surface area contributed by atoms with Crippen molar-refractivity contribution < 1.29 is 24.4 Å².